The summed E-state index contributed by atoms with van der Waals surface area (Å²) >= 11 is 4.64. The first-order valence-electron chi connectivity index (χ1n) is 5.96. The quantitative estimate of drug-likeness (QED) is 0.668. The van der Waals surface area contributed by atoms with Crippen LogP contribution in [0.4, 0.5) is 0 Å². The highest BCUT2D eigenvalue weighted by molar-refractivity contribution is 6.15. The van der Waals surface area contributed by atoms with Gasteiger partial charge in [0, 0.05) is 6.38 Å². The van der Waals surface area contributed by atoms with E-state index in [-0.39, 0.29) is 0 Å². The first kappa shape index (κ1) is 14.6. The molecule has 2 rings (SSSR count). The minimum absolute atomic E-state index is 0.561. The highest BCUT2D eigenvalue weighted by Gasteiger charge is 2.00. The van der Waals surface area contributed by atoms with Crippen molar-refractivity contribution < 1.29 is 4.74 Å². The van der Waals surface area contributed by atoms with Crippen LogP contribution in [0.15, 0.2) is 54.6 Å². The standard InChI is InChI=1S/C15H16O.CH3Cl/c1-12(2)13-8-10-15(11-9-13)16-14-6-4-3-5-7-14;1-2/h3-12H,1-2H3;1H3. The van der Waals surface area contributed by atoms with Gasteiger partial charge in [-0.05, 0) is 35.7 Å². The van der Waals surface area contributed by atoms with E-state index < -0.39 is 0 Å². The monoisotopic (exact) mass is 262 g/mol. The van der Waals surface area contributed by atoms with E-state index in [1.807, 2.05) is 42.5 Å². The SMILES string of the molecule is CC(C)c1ccc(Oc2ccccc2)cc1.CCl. The highest BCUT2D eigenvalue weighted by Crippen LogP contribution is 2.23. The Balaban J connectivity index is 0.000000771. The van der Waals surface area contributed by atoms with Gasteiger partial charge in [0.1, 0.15) is 11.5 Å². The molecule has 0 unspecified atom stereocenters. The van der Waals surface area contributed by atoms with Gasteiger partial charge in [0.05, 0.1) is 0 Å². The van der Waals surface area contributed by atoms with Crippen LogP contribution in [0.3, 0.4) is 0 Å². The summed E-state index contributed by atoms with van der Waals surface area (Å²) in [6, 6.07) is 18.1. The molecule has 0 amide bonds. The zero-order valence-corrected chi connectivity index (χ0v) is 11.8. The molecule has 0 radical (unpaired) electrons. The van der Waals surface area contributed by atoms with Crippen LogP contribution in [0, 0.1) is 0 Å². The van der Waals surface area contributed by atoms with E-state index in [9.17, 15) is 0 Å². The first-order valence-corrected chi connectivity index (χ1v) is 6.72. The van der Waals surface area contributed by atoms with Crippen LogP contribution in [0.25, 0.3) is 0 Å². The molecule has 2 heteroatoms. The van der Waals surface area contributed by atoms with Gasteiger partial charge in [-0.25, -0.2) is 0 Å². The summed E-state index contributed by atoms with van der Waals surface area (Å²) < 4.78 is 5.71. The van der Waals surface area contributed by atoms with Crippen LogP contribution < -0.4 is 4.74 Å². The molecule has 0 saturated heterocycles. The Bertz CT molecular complexity index is 434. The summed E-state index contributed by atoms with van der Waals surface area (Å²) in [5.74, 6) is 2.32. The van der Waals surface area contributed by atoms with Crippen molar-refractivity contribution in [2.24, 2.45) is 0 Å². The third kappa shape index (κ3) is 4.42. The molecule has 0 N–H and O–H groups in total. The van der Waals surface area contributed by atoms with Crippen molar-refractivity contribution in [1.82, 2.24) is 0 Å². The van der Waals surface area contributed by atoms with E-state index in [0.717, 1.165) is 11.5 Å². The molecule has 0 saturated carbocycles. The zero-order valence-electron chi connectivity index (χ0n) is 11.1. The number of ether oxygens (including phenoxy) is 1. The largest absolute Gasteiger partial charge is 0.457 e. The Morgan fingerprint density at radius 3 is 1.78 bits per heavy atom. The van der Waals surface area contributed by atoms with Crippen LogP contribution in [0.5, 0.6) is 11.5 Å². The summed E-state index contributed by atoms with van der Waals surface area (Å²) in [5.41, 5.74) is 1.33. The van der Waals surface area contributed by atoms with Crippen molar-refractivity contribution in [3.63, 3.8) is 0 Å². The van der Waals surface area contributed by atoms with E-state index in [0.29, 0.717) is 5.92 Å². The maximum absolute atomic E-state index is 5.71. The molecule has 96 valence electrons. The van der Waals surface area contributed by atoms with Gasteiger partial charge in [-0.2, -0.15) is 0 Å². The lowest BCUT2D eigenvalue weighted by molar-refractivity contribution is 0.482. The normalized spacial score (nSPS) is 9.61. The molecule has 2 aromatic rings. The summed E-state index contributed by atoms with van der Waals surface area (Å²) in [5, 5.41) is 0. The van der Waals surface area contributed by atoms with E-state index in [4.69, 9.17) is 4.74 Å². The number of hydrogen-bond acceptors (Lipinski definition) is 1. The Kier molecular flexibility index (Phi) is 6.31. The van der Waals surface area contributed by atoms with Crippen LogP contribution in [0.2, 0.25) is 0 Å². The number of rotatable bonds is 3. The number of halogens is 1. The zero-order chi connectivity index (χ0) is 13.4. The molecular formula is C16H19ClO. The van der Waals surface area contributed by atoms with Gasteiger partial charge < -0.3 is 4.74 Å². The smallest absolute Gasteiger partial charge is 0.127 e. The predicted molar refractivity (Wildman–Crippen MR) is 78.8 cm³/mol. The lowest BCUT2D eigenvalue weighted by Crippen LogP contribution is -1.88. The van der Waals surface area contributed by atoms with Crippen LogP contribution in [-0.4, -0.2) is 6.38 Å². The van der Waals surface area contributed by atoms with Gasteiger partial charge >= 0.3 is 0 Å². The molecule has 0 aliphatic carbocycles. The molecule has 1 nitrogen and oxygen atoms in total. The number of alkyl halides is 1. The van der Waals surface area contributed by atoms with E-state index >= 15 is 0 Å². The van der Waals surface area contributed by atoms with E-state index in [1.165, 1.54) is 11.9 Å². The van der Waals surface area contributed by atoms with Crippen LogP contribution >= 0.6 is 11.6 Å². The van der Waals surface area contributed by atoms with Crippen LogP contribution in [0.1, 0.15) is 25.3 Å². The Hall–Kier alpha value is -1.47. The fraction of sp³-hybridized carbons (Fsp3) is 0.250. The van der Waals surface area contributed by atoms with Gasteiger partial charge in [0.25, 0.3) is 0 Å². The van der Waals surface area contributed by atoms with Crippen molar-refractivity contribution in [1.29, 1.82) is 0 Å². The lowest BCUT2D eigenvalue weighted by atomic mass is 10.0. The molecule has 2 aromatic carbocycles. The number of hydrogen-bond donors (Lipinski definition) is 0. The fourth-order valence-electron chi connectivity index (χ4n) is 1.55. The van der Waals surface area contributed by atoms with Gasteiger partial charge in [0.15, 0.2) is 0 Å². The molecular weight excluding hydrogens is 244 g/mol. The second-order valence-corrected chi connectivity index (χ2v) is 4.14. The Morgan fingerprint density at radius 2 is 1.28 bits per heavy atom. The van der Waals surface area contributed by atoms with Crippen molar-refractivity contribution in [3.8, 4) is 11.5 Å². The molecule has 0 spiro atoms. The van der Waals surface area contributed by atoms with Crippen molar-refractivity contribution in [2.45, 2.75) is 19.8 Å². The molecule has 0 atom stereocenters. The topological polar surface area (TPSA) is 9.23 Å². The fourth-order valence-corrected chi connectivity index (χ4v) is 1.55. The average Bonchev–Trinajstić information content (AvgIpc) is 2.43. The lowest BCUT2D eigenvalue weighted by Gasteiger charge is -2.08. The summed E-state index contributed by atoms with van der Waals surface area (Å²) in [4.78, 5) is 0. The van der Waals surface area contributed by atoms with E-state index in [1.54, 1.807) is 0 Å². The van der Waals surface area contributed by atoms with Gasteiger partial charge in [-0.1, -0.05) is 44.2 Å². The maximum Gasteiger partial charge on any atom is 0.127 e. The minimum atomic E-state index is 0.561. The molecule has 0 aliphatic heterocycles. The van der Waals surface area contributed by atoms with Crippen molar-refractivity contribution in [3.05, 3.63) is 60.2 Å². The first-order chi connectivity index (χ1) is 8.75. The number of benzene rings is 2. The number of para-hydroxylation sites is 1. The average molecular weight is 263 g/mol. The third-order valence-electron chi connectivity index (χ3n) is 2.53. The molecule has 0 heterocycles. The second kappa shape index (κ2) is 7.78. The van der Waals surface area contributed by atoms with Gasteiger partial charge in [0.2, 0.25) is 0 Å². The van der Waals surface area contributed by atoms with Crippen LogP contribution in [-0.2, 0) is 0 Å². The third-order valence-corrected chi connectivity index (χ3v) is 2.53. The minimum Gasteiger partial charge on any atom is -0.457 e. The summed E-state index contributed by atoms with van der Waals surface area (Å²) in [7, 11) is 0. The summed E-state index contributed by atoms with van der Waals surface area (Å²) in [6.45, 7) is 4.38. The van der Waals surface area contributed by atoms with Gasteiger partial charge in [-0.3, -0.25) is 0 Å². The molecule has 0 fully saturated rings. The summed E-state index contributed by atoms with van der Waals surface area (Å²) in [6.07, 6.45) is 1.47. The second-order valence-electron chi connectivity index (χ2n) is 4.14. The van der Waals surface area contributed by atoms with E-state index in [2.05, 4.69) is 37.6 Å². The Morgan fingerprint density at radius 1 is 0.778 bits per heavy atom. The van der Waals surface area contributed by atoms with Crippen molar-refractivity contribution in [2.75, 3.05) is 6.38 Å². The Labute approximate surface area is 114 Å². The molecule has 18 heavy (non-hydrogen) atoms. The molecule has 0 bridgehead atoms. The van der Waals surface area contributed by atoms with Crippen molar-refractivity contribution >= 4 is 11.6 Å². The predicted octanol–water partition coefficient (Wildman–Crippen LogP) is 5.46. The molecule has 0 aromatic heterocycles. The van der Waals surface area contributed by atoms with Gasteiger partial charge in [-0.15, -0.1) is 11.6 Å². The highest BCUT2D eigenvalue weighted by atomic mass is 35.5. The maximum atomic E-state index is 5.71. The molecule has 0 aliphatic rings.